The van der Waals surface area contributed by atoms with Crippen LogP contribution in [0.25, 0.3) is 0 Å². The van der Waals surface area contributed by atoms with E-state index in [0.29, 0.717) is 10.6 Å². The number of ether oxygens (including phenoxy) is 1. The predicted molar refractivity (Wildman–Crippen MR) is 82.0 cm³/mol. The van der Waals surface area contributed by atoms with Crippen molar-refractivity contribution >= 4 is 35.1 Å². The van der Waals surface area contributed by atoms with Crippen molar-refractivity contribution in [3.63, 3.8) is 0 Å². The Balaban J connectivity index is 2.23. The van der Waals surface area contributed by atoms with Gasteiger partial charge in [0.05, 0.1) is 19.6 Å². The lowest BCUT2D eigenvalue weighted by Gasteiger charge is -2.18. The number of benzene rings is 1. The number of methoxy groups -OCH3 is 1. The maximum Gasteiger partial charge on any atom is 0.307 e. The maximum atomic E-state index is 12.2. The molecule has 2 aromatic rings. The molecule has 0 aliphatic rings. The zero-order chi connectivity index (χ0) is 16.1. The fourth-order valence-electron chi connectivity index (χ4n) is 1.91. The van der Waals surface area contributed by atoms with Crippen molar-refractivity contribution in [3.8, 4) is 0 Å². The summed E-state index contributed by atoms with van der Waals surface area (Å²) in [5, 5.41) is 3.24. The van der Waals surface area contributed by atoms with Gasteiger partial charge in [-0.25, -0.2) is 0 Å². The average molecular weight is 342 g/mol. The Labute approximate surface area is 137 Å². The van der Waals surface area contributed by atoms with E-state index in [-0.39, 0.29) is 17.4 Å². The number of esters is 1. The highest BCUT2D eigenvalue weighted by molar-refractivity contribution is 6.31. The van der Waals surface area contributed by atoms with Crippen LogP contribution in [-0.2, 0) is 9.53 Å². The van der Waals surface area contributed by atoms with Crippen LogP contribution in [0.15, 0.2) is 40.8 Å². The van der Waals surface area contributed by atoms with Crippen LogP contribution >= 0.6 is 23.2 Å². The van der Waals surface area contributed by atoms with E-state index >= 15 is 0 Å². The number of furan rings is 1. The van der Waals surface area contributed by atoms with Crippen LogP contribution in [-0.4, -0.2) is 19.0 Å². The second-order valence-corrected chi connectivity index (χ2v) is 5.21. The van der Waals surface area contributed by atoms with Gasteiger partial charge in [0, 0.05) is 5.02 Å². The van der Waals surface area contributed by atoms with E-state index in [2.05, 4.69) is 10.1 Å². The summed E-state index contributed by atoms with van der Waals surface area (Å²) in [6.07, 6.45) is -0.0551. The SMILES string of the molecule is COC(=O)C[C@@H](NC(=O)c1ccc(Cl)o1)c1ccccc1Cl. The quantitative estimate of drug-likeness (QED) is 0.843. The summed E-state index contributed by atoms with van der Waals surface area (Å²) >= 11 is 11.8. The zero-order valence-corrected chi connectivity index (χ0v) is 13.1. The average Bonchev–Trinajstić information content (AvgIpc) is 2.93. The lowest BCUT2D eigenvalue weighted by molar-refractivity contribution is -0.141. The highest BCUT2D eigenvalue weighted by Gasteiger charge is 2.23. The molecule has 1 aromatic heterocycles. The number of halogens is 2. The highest BCUT2D eigenvalue weighted by atomic mass is 35.5. The Hall–Kier alpha value is -1.98. The third-order valence-electron chi connectivity index (χ3n) is 2.98. The summed E-state index contributed by atoms with van der Waals surface area (Å²) in [6.45, 7) is 0. The molecule has 1 N–H and O–H groups in total. The van der Waals surface area contributed by atoms with Crippen LogP contribution in [0.5, 0.6) is 0 Å². The van der Waals surface area contributed by atoms with Crippen LogP contribution in [0.1, 0.15) is 28.6 Å². The molecule has 0 unspecified atom stereocenters. The molecular formula is C15H13Cl2NO4. The number of hydrogen-bond donors (Lipinski definition) is 1. The van der Waals surface area contributed by atoms with Gasteiger partial charge < -0.3 is 14.5 Å². The van der Waals surface area contributed by atoms with Crippen molar-refractivity contribution < 1.29 is 18.7 Å². The third-order valence-corrected chi connectivity index (χ3v) is 3.53. The van der Waals surface area contributed by atoms with Gasteiger partial charge in [-0.15, -0.1) is 0 Å². The predicted octanol–water partition coefficient (Wildman–Crippen LogP) is 3.62. The lowest BCUT2D eigenvalue weighted by Crippen LogP contribution is -2.30. The van der Waals surface area contributed by atoms with E-state index in [0.717, 1.165) is 0 Å². The number of carbonyl (C=O) groups excluding carboxylic acids is 2. The molecule has 0 fully saturated rings. The van der Waals surface area contributed by atoms with E-state index in [1.165, 1.54) is 19.2 Å². The monoisotopic (exact) mass is 341 g/mol. The molecule has 0 aliphatic heterocycles. The molecule has 0 aliphatic carbocycles. The van der Waals surface area contributed by atoms with E-state index in [1.807, 2.05) is 0 Å². The second-order valence-electron chi connectivity index (χ2n) is 4.43. The first-order valence-electron chi connectivity index (χ1n) is 6.38. The number of rotatable bonds is 5. The van der Waals surface area contributed by atoms with Gasteiger partial charge >= 0.3 is 5.97 Å². The molecule has 2 rings (SSSR count). The molecule has 1 atom stereocenters. The highest BCUT2D eigenvalue weighted by Crippen LogP contribution is 2.26. The molecule has 1 amide bonds. The first-order chi connectivity index (χ1) is 10.5. The molecule has 0 radical (unpaired) electrons. The van der Waals surface area contributed by atoms with E-state index in [1.54, 1.807) is 24.3 Å². The smallest absolute Gasteiger partial charge is 0.307 e. The summed E-state index contributed by atoms with van der Waals surface area (Å²) in [7, 11) is 1.28. The van der Waals surface area contributed by atoms with Gasteiger partial charge in [-0.1, -0.05) is 29.8 Å². The summed E-state index contributed by atoms with van der Waals surface area (Å²) in [4.78, 5) is 23.7. The first-order valence-corrected chi connectivity index (χ1v) is 7.14. The van der Waals surface area contributed by atoms with Crippen LogP contribution in [0.4, 0.5) is 0 Å². The summed E-state index contributed by atoms with van der Waals surface area (Å²) in [5.74, 6) is -0.921. The Morgan fingerprint density at radius 1 is 1.23 bits per heavy atom. The molecule has 0 saturated carbocycles. The van der Waals surface area contributed by atoms with Crippen molar-refractivity contribution in [2.45, 2.75) is 12.5 Å². The number of hydrogen-bond acceptors (Lipinski definition) is 4. The molecule has 0 spiro atoms. The van der Waals surface area contributed by atoms with Gasteiger partial charge in [-0.05, 0) is 35.4 Å². The molecular weight excluding hydrogens is 329 g/mol. The molecule has 0 bridgehead atoms. The van der Waals surface area contributed by atoms with E-state index in [4.69, 9.17) is 27.6 Å². The topological polar surface area (TPSA) is 68.5 Å². The minimum atomic E-state index is -0.641. The lowest BCUT2D eigenvalue weighted by atomic mass is 10.0. The Morgan fingerprint density at radius 3 is 2.55 bits per heavy atom. The summed E-state index contributed by atoms with van der Waals surface area (Å²) in [6, 6.07) is 9.19. The fraction of sp³-hybridized carbons (Fsp3) is 0.200. The Bertz CT molecular complexity index is 684. The standard InChI is InChI=1S/C15H13Cl2NO4/c1-21-14(19)8-11(9-4-2-3-5-10(9)16)18-15(20)12-6-7-13(17)22-12/h2-7,11H,8H2,1H3,(H,18,20)/t11-/m1/s1. The van der Waals surface area contributed by atoms with Crippen molar-refractivity contribution in [1.29, 1.82) is 0 Å². The van der Waals surface area contributed by atoms with Gasteiger partial charge in [0.1, 0.15) is 0 Å². The van der Waals surface area contributed by atoms with Gasteiger partial charge in [-0.2, -0.15) is 0 Å². The largest absolute Gasteiger partial charge is 0.469 e. The van der Waals surface area contributed by atoms with Gasteiger partial charge in [0.2, 0.25) is 0 Å². The minimum Gasteiger partial charge on any atom is -0.469 e. The zero-order valence-electron chi connectivity index (χ0n) is 11.6. The molecule has 22 heavy (non-hydrogen) atoms. The van der Waals surface area contributed by atoms with Gasteiger partial charge in [0.25, 0.3) is 5.91 Å². The molecule has 7 heteroatoms. The van der Waals surface area contributed by atoms with Crippen molar-refractivity contribution in [1.82, 2.24) is 5.32 Å². The Kier molecular flexibility index (Phi) is 5.46. The number of nitrogens with one attached hydrogen (secondary N) is 1. The van der Waals surface area contributed by atoms with Crippen LogP contribution < -0.4 is 5.32 Å². The van der Waals surface area contributed by atoms with Crippen molar-refractivity contribution in [3.05, 3.63) is 58.0 Å². The van der Waals surface area contributed by atoms with Crippen molar-refractivity contribution in [2.24, 2.45) is 0 Å². The normalized spacial score (nSPS) is 11.8. The van der Waals surface area contributed by atoms with E-state index in [9.17, 15) is 9.59 Å². The van der Waals surface area contributed by atoms with Gasteiger partial charge in [0.15, 0.2) is 11.0 Å². The third kappa shape index (κ3) is 4.02. The van der Waals surface area contributed by atoms with E-state index < -0.39 is 17.9 Å². The minimum absolute atomic E-state index is 0.0481. The summed E-state index contributed by atoms with van der Waals surface area (Å²) in [5.41, 5.74) is 0.612. The number of amides is 1. The number of carbonyl (C=O) groups is 2. The van der Waals surface area contributed by atoms with Gasteiger partial charge in [-0.3, -0.25) is 9.59 Å². The second kappa shape index (κ2) is 7.33. The van der Waals surface area contributed by atoms with Crippen LogP contribution in [0.3, 0.4) is 0 Å². The molecule has 0 saturated heterocycles. The fourth-order valence-corrected chi connectivity index (χ4v) is 2.33. The molecule has 5 nitrogen and oxygen atoms in total. The first kappa shape index (κ1) is 16.4. The summed E-state index contributed by atoms with van der Waals surface area (Å²) < 4.78 is 9.70. The van der Waals surface area contributed by atoms with Crippen LogP contribution in [0, 0.1) is 0 Å². The van der Waals surface area contributed by atoms with Crippen molar-refractivity contribution in [2.75, 3.05) is 7.11 Å². The van der Waals surface area contributed by atoms with Crippen LogP contribution in [0.2, 0.25) is 10.2 Å². The molecule has 116 valence electrons. The molecule has 1 heterocycles. The molecule has 1 aromatic carbocycles. The Morgan fingerprint density at radius 2 is 1.95 bits per heavy atom. The maximum absolute atomic E-state index is 12.2.